The Kier molecular flexibility index (Phi) is 11.4. The summed E-state index contributed by atoms with van der Waals surface area (Å²) in [6.07, 6.45) is 3.04. The largest absolute Gasteiger partial charge is 0.354 e. The molecule has 2 amide bonds. The zero-order chi connectivity index (χ0) is 28.4. The quantitative estimate of drug-likeness (QED) is 0.254. The lowest BCUT2D eigenvalue weighted by molar-refractivity contribution is -0.140. The summed E-state index contributed by atoms with van der Waals surface area (Å²) in [5.74, 6) is -0.782. The third kappa shape index (κ3) is 9.37. The molecule has 39 heavy (non-hydrogen) atoms. The first-order valence-electron chi connectivity index (χ1n) is 12.7. The van der Waals surface area contributed by atoms with Gasteiger partial charge in [-0.05, 0) is 53.9 Å². The van der Waals surface area contributed by atoms with Crippen molar-refractivity contribution in [1.82, 2.24) is 10.2 Å². The molecule has 0 bridgehead atoms. The van der Waals surface area contributed by atoms with E-state index in [4.69, 9.17) is 11.6 Å². The monoisotopic (exact) mass is 633 g/mol. The normalized spacial score (nSPS) is 12.0. The van der Waals surface area contributed by atoms with Crippen LogP contribution in [0, 0.1) is 0 Å². The van der Waals surface area contributed by atoms with Gasteiger partial charge in [0.1, 0.15) is 12.6 Å². The third-order valence-electron chi connectivity index (χ3n) is 6.14. The summed E-state index contributed by atoms with van der Waals surface area (Å²) >= 11 is 9.48. The number of carbonyl (C=O) groups excluding carboxylic acids is 2. The van der Waals surface area contributed by atoms with Crippen molar-refractivity contribution in [2.75, 3.05) is 23.7 Å². The van der Waals surface area contributed by atoms with E-state index in [1.807, 2.05) is 61.5 Å². The summed E-state index contributed by atoms with van der Waals surface area (Å²) < 4.78 is 27.4. The molecule has 0 aliphatic rings. The number of hydrogen-bond donors (Lipinski definition) is 1. The first-order chi connectivity index (χ1) is 18.6. The molecule has 1 unspecified atom stereocenters. The molecule has 3 aromatic carbocycles. The second-order valence-corrected chi connectivity index (χ2v) is 12.5. The highest BCUT2D eigenvalue weighted by atomic mass is 79.9. The molecule has 0 aliphatic heterocycles. The predicted octanol–water partition coefficient (Wildman–Crippen LogP) is 5.42. The molecule has 1 atom stereocenters. The Hall–Kier alpha value is -2.88. The van der Waals surface area contributed by atoms with E-state index in [1.54, 1.807) is 24.3 Å². The highest BCUT2D eigenvalue weighted by molar-refractivity contribution is 9.10. The van der Waals surface area contributed by atoms with Crippen molar-refractivity contribution in [3.63, 3.8) is 0 Å². The molecular formula is C29H33BrClN3O4S. The maximum Gasteiger partial charge on any atom is 0.244 e. The fraction of sp³-hybridized carbons (Fsp3) is 0.310. The minimum atomic E-state index is -3.83. The average molecular weight is 635 g/mol. The number of rotatable bonds is 13. The summed E-state index contributed by atoms with van der Waals surface area (Å²) in [5.41, 5.74) is 2.00. The van der Waals surface area contributed by atoms with E-state index in [2.05, 4.69) is 21.2 Å². The molecule has 3 rings (SSSR count). The smallest absolute Gasteiger partial charge is 0.244 e. The number of hydrogen-bond acceptors (Lipinski definition) is 4. The van der Waals surface area contributed by atoms with Crippen molar-refractivity contribution in [2.45, 2.75) is 38.8 Å². The van der Waals surface area contributed by atoms with Crippen LogP contribution in [0.15, 0.2) is 83.3 Å². The lowest BCUT2D eigenvalue weighted by Gasteiger charge is -2.33. The first-order valence-corrected chi connectivity index (χ1v) is 15.7. The number of amides is 2. The molecule has 7 nitrogen and oxygen atoms in total. The Morgan fingerprint density at radius 2 is 1.64 bits per heavy atom. The van der Waals surface area contributed by atoms with Crippen LogP contribution in [0.4, 0.5) is 5.69 Å². The molecule has 0 heterocycles. The van der Waals surface area contributed by atoms with Crippen LogP contribution in [-0.2, 0) is 32.6 Å². The van der Waals surface area contributed by atoms with Crippen LogP contribution in [0.25, 0.3) is 0 Å². The Bertz CT molecular complexity index is 1350. The van der Waals surface area contributed by atoms with Crippen molar-refractivity contribution in [1.29, 1.82) is 0 Å². The van der Waals surface area contributed by atoms with Crippen LogP contribution in [0.3, 0.4) is 0 Å². The number of anilines is 1. The molecule has 0 aliphatic carbocycles. The van der Waals surface area contributed by atoms with Crippen molar-refractivity contribution in [3.05, 3.63) is 99.5 Å². The zero-order valence-corrected chi connectivity index (χ0v) is 25.2. The third-order valence-corrected chi connectivity index (χ3v) is 8.02. The average Bonchev–Trinajstić information content (AvgIpc) is 2.90. The van der Waals surface area contributed by atoms with Crippen molar-refractivity contribution in [2.24, 2.45) is 0 Å². The summed E-state index contributed by atoms with van der Waals surface area (Å²) in [4.78, 5) is 29.0. The van der Waals surface area contributed by atoms with Gasteiger partial charge in [-0.15, -0.1) is 0 Å². The second kappa shape index (κ2) is 14.5. The Balaban J connectivity index is 2.02. The lowest BCUT2D eigenvalue weighted by atomic mass is 10.0. The molecule has 0 spiro atoms. The Morgan fingerprint density at radius 1 is 0.974 bits per heavy atom. The molecular weight excluding hydrogens is 602 g/mol. The molecule has 1 N–H and O–H groups in total. The first kappa shape index (κ1) is 30.7. The minimum Gasteiger partial charge on any atom is -0.354 e. The zero-order valence-electron chi connectivity index (χ0n) is 22.0. The van der Waals surface area contributed by atoms with E-state index in [-0.39, 0.29) is 18.9 Å². The number of halogens is 2. The van der Waals surface area contributed by atoms with E-state index in [1.165, 1.54) is 4.90 Å². The van der Waals surface area contributed by atoms with Gasteiger partial charge in [-0.25, -0.2) is 8.42 Å². The summed E-state index contributed by atoms with van der Waals surface area (Å²) in [7, 11) is -3.83. The van der Waals surface area contributed by atoms with Crippen LogP contribution < -0.4 is 9.62 Å². The SMILES string of the molecule is CCCCNC(=O)C(Cc1ccccc1)N(Cc1cccc(Br)c1)C(=O)CN(c1ccc(Cl)cc1)S(C)(=O)=O. The summed E-state index contributed by atoms with van der Waals surface area (Å²) in [6, 6.07) is 22.3. The van der Waals surface area contributed by atoms with Gasteiger partial charge in [0.2, 0.25) is 21.8 Å². The molecule has 0 saturated carbocycles. The van der Waals surface area contributed by atoms with Crippen molar-refractivity contribution in [3.8, 4) is 0 Å². The molecule has 0 saturated heterocycles. The maximum atomic E-state index is 14.0. The fourth-order valence-corrected chi connectivity index (χ4v) is 5.54. The van der Waals surface area contributed by atoms with Gasteiger partial charge in [0.15, 0.2) is 0 Å². The van der Waals surface area contributed by atoms with Gasteiger partial charge in [0.25, 0.3) is 0 Å². The topological polar surface area (TPSA) is 86.8 Å². The minimum absolute atomic E-state index is 0.120. The number of nitrogens with zero attached hydrogens (tertiary/aromatic N) is 2. The number of unbranched alkanes of at least 4 members (excludes halogenated alkanes) is 1. The Labute approximate surface area is 244 Å². The van der Waals surface area contributed by atoms with E-state index in [0.717, 1.165) is 39.0 Å². The van der Waals surface area contributed by atoms with Crippen LogP contribution in [-0.4, -0.2) is 50.5 Å². The lowest BCUT2D eigenvalue weighted by Crippen LogP contribution is -2.53. The van der Waals surface area contributed by atoms with E-state index < -0.39 is 28.5 Å². The van der Waals surface area contributed by atoms with Crippen LogP contribution in [0.5, 0.6) is 0 Å². The van der Waals surface area contributed by atoms with E-state index >= 15 is 0 Å². The Morgan fingerprint density at radius 3 is 2.26 bits per heavy atom. The van der Waals surface area contributed by atoms with Gasteiger partial charge in [-0.1, -0.05) is 83.3 Å². The summed E-state index contributed by atoms with van der Waals surface area (Å²) in [6.45, 7) is 2.17. The molecule has 3 aromatic rings. The number of benzene rings is 3. The van der Waals surface area contributed by atoms with Crippen LogP contribution >= 0.6 is 27.5 Å². The predicted molar refractivity (Wildman–Crippen MR) is 160 cm³/mol. The van der Waals surface area contributed by atoms with Gasteiger partial charge >= 0.3 is 0 Å². The van der Waals surface area contributed by atoms with Gasteiger partial charge in [-0.3, -0.25) is 13.9 Å². The summed E-state index contributed by atoms with van der Waals surface area (Å²) in [5, 5.41) is 3.42. The molecule has 0 fully saturated rings. The molecule has 0 aromatic heterocycles. The second-order valence-electron chi connectivity index (χ2n) is 9.25. The van der Waals surface area contributed by atoms with Crippen molar-refractivity contribution < 1.29 is 18.0 Å². The van der Waals surface area contributed by atoms with E-state index in [0.29, 0.717) is 17.3 Å². The fourth-order valence-electron chi connectivity index (χ4n) is 4.11. The number of nitrogens with one attached hydrogen (secondary N) is 1. The van der Waals surface area contributed by atoms with Gasteiger partial charge < -0.3 is 10.2 Å². The molecule has 0 radical (unpaired) electrons. The van der Waals surface area contributed by atoms with E-state index in [9.17, 15) is 18.0 Å². The highest BCUT2D eigenvalue weighted by Gasteiger charge is 2.33. The van der Waals surface area contributed by atoms with Gasteiger partial charge in [0.05, 0.1) is 11.9 Å². The van der Waals surface area contributed by atoms with Gasteiger partial charge in [0, 0.05) is 29.0 Å². The highest BCUT2D eigenvalue weighted by Crippen LogP contribution is 2.23. The van der Waals surface area contributed by atoms with Crippen LogP contribution in [0.1, 0.15) is 30.9 Å². The molecule has 208 valence electrons. The maximum absolute atomic E-state index is 14.0. The van der Waals surface area contributed by atoms with Gasteiger partial charge in [-0.2, -0.15) is 0 Å². The number of carbonyl (C=O) groups is 2. The number of sulfonamides is 1. The molecule has 10 heteroatoms. The van der Waals surface area contributed by atoms with Crippen molar-refractivity contribution >= 4 is 55.1 Å². The standard InChI is InChI=1S/C29H33BrClN3O4S/c1-3-4-17-32-29(36)27(19-22-9-6-5-7-10-22)33(20-23-11-8-12-24(30)18-23)28(35)21-34(39(2,37)38)26-15-13-25(31)14-16-26/h5-16,18,27H,3-4,17,19-21H2,1-2H3,(H,32,36). The van der Waals surface area contributed by atoms with Crippen LogP contribution in [0.2, 0.25) is 5.02 Å².